The Morgan fingerprint density at radius 2 is 1.95 bits per heavy atom. The molecule has 0 saturated heterocycles. The molecule has 3 rings (SSSR count). The predicted molar refractivity (Wildman–Crippen MR) is 81.0 cm³/mol. The van der Waals surface area contributed by atoms with Gasteiger partial charge in [0.1, 0.15) is 0 Å². The molecule has 21 heavy (non-hydrogen) atoms. The minimum absolute atomic E-state index is 0.000830. The topological polar surface area (TPSA) is 82.2 Å². The highest BCUT2D eigenvalue weighted by Crippen LogP contribution is 2.34. The summed E-state index contributed by atoms with van der Waals surface area (Å²) in [5.41, 5.74) is 1.38. The van der Waals surface area contributed by atoms with E-state index >= 15 is 0 Å². The summed E-state index contributed by atoms with van der Waals surface area (Å²) in [7, 11) is -3.87. The van der Waals surface area contributed by atoms with Crippen LogP contribution in [0.4, 0.5) is 0 Å². The largest absolute Gasteiger partial charge is 0.323 e. The highest BCUT2D eigenvalue weighted by molar-refractivity contribution is 7.99. The maximum absolute atomic E-state index is 12.2. The zero-order chi connectivity index (χ0) is 15.0. The Morgan fingerprint density at radius 1 is 1.24 bits per heavy atom. The molecule has 1 aromatic carbocycles. The Hall–Kier alpha value is -1.57. The summed E-state index contributed by atoms with van der Waals surface area (Å²) in [6, 6.07) is 10.9. The molecule has 2 aromatic rings. The van der Waals surface area contributed by atoms with Gasteiger partial charge in [0, 0.05) is 23.6 Å². The first-order chi connectivity index (χ1) is 9.97. The average Bonchev–Trinajstić information content (AvgIpc) is 2.80. The van der Waals surface area contributed by atoms with Gasteiger partial charge in [-0.25, -0.2) is 13.6 Å². The lowest BCUT2D eigenvalue weighted by molar-refractivity contribution is 0.0975. The van der Waals surface area contributed by atoms with E-state index in [2.05, 4.69) is 0 Å². The van der Waals surface area contributed by atoms with Gasteiger partial charge in [-0.05, 0) is 11.6 Å². The number of carbonyl (C=O) groups is 1. The SMILES string of the molecule is NS(=O)(=O)c1cc2c(n1Cc1ccccc1)C(=O)CCS2. The number of benzene rings is 1. The van der Waals surface area contributed by atoms with E-state index in [9.17, 15) is 13.2 Å². The molecular weight excluding hydrogens is 308 g/mol. The van der Waals surface area contributed by atoms with Crippen molar-refractivity contribution < 1.29 is 13.2 Å². The molecule has 0 saturated carbocycles. The highest BCUT2D eigenvalue weighted by Gasteiger charge is 2.28. The Balaban J connectivity index is 2.17. The van der Waals surface area contributed by atoms with Crippen molar-refractivity contribution in [2.75, 3.05) is 5.75 Å². The van der Waals surface area contributed by atoms with Crippen LogP contribution in [0.25, 0.3) is 0 Å². The number of fused-ring (bicyclic) bond motifs is 1. The maximum atomic E-state index is 12.2. The van der Waals surface area contributed by atoms with E-state index in [-0.39, 0.29) is 10.8 Å². The summed E-state index contributed by atoms with van der Waals surface area (Å²) in [5, 5.41) is 5.30. The van der Waals surface area contributed by atoms with Crippen LogP contribution in [0.5, 0.6) is 0 Å². The summed E-state index contributed by atoms with van der Waals surface area (Å²) in [4.78, 5) is 12.9. The Bertz CT molecular complexity index is 795. The Morgan fingerprint density at radius 3 is 2.62 bits per heavy atom. The average molecular weight is 322 g/mol. The molecule has 7 heteroatoms. The molecule has 1 aliphatic heterocycles. The van der Waals surface area contributed by atoms with Gasteiger partial charge in [-0.3, -0.25) is 4.79 Å². The fourth-order valence-electron chi connectivity index (χ4n) is 2.43. The van der Waals surface area contributed by atoms with Crippen molar-refractivity contribution in [1.82, 2.24) is 4.57 Å². The minimum Gasteiger partial charge on any atom is -0.323 e. The number of hydrogen-bond acceptors (Lipinski definition) is 4. The Labute approximate surface area is 127 Å². The summed E-state index contributed by atoms with van der Waals surface area (Å²) in [5.74, 6) is 0.639. The van der Waals surface area contributed by atoms with E-state index in [1.54, 1.807) is 0 Å². The second-order valence-corrected chi connectivity index (χ2v) is 7.48. The summed E-state index contributed by atoms with van der Waals surface area (Å²) >= 11 is 1.49. The summed E-state index contributed by atoms with van der Waals surface area (Å²) in [6.07, 6.45) is 0.417. The van der Waals surface area contributed by atoms with Crippen molar-refractivity contribution in [1.29, 1.82) is 0 Å². The smallest absolute Gasteiger partial charge is 0.253 e. The quantitative estimate of drug-likeness (QED) is 0.935. The van der Waals surface area contributed by atoms with Crippen LogP contribution in [0.3, 0.4) is 0 Å². The third kappa shape index (κ3) is 2.76. The minimum atomic E-state index is -3.87. The molecule has 0 amide bonds. The molecule has 0 spiro atoms. The van der Waals surface area contributed by atoms with Crippen molar-refractivity contribution >= 4 is 27.6 Å². The molecule has 0 bridgehead atoms. The van der Waals surface area contributed by atoms with E-state index in [0.717, 1.165) is 5.56 Å². The van der Waals surface area contributed by atoms with E-state index in [1.807, 2.05) is 30.3 Å². The lowest BCUT2D eigenvalue weighted by atomic mass is 10.2. The number of hydrogen-bond donors (Lipinski definition) is 1. The maximum Gasteiger partial charge on any atom is 0.253 e. The summed E-state index contributed by atoms with van der Waals surface area (Å²) < 4.78 is 25.1. The van der Waals surface area contributed by atoms with Gasteiger partial charge in [-0.2, -0.15) is 0 Å². The number of nitrogens with two attached hydrogens (primary N) is 1. The molecule has 0 aliphatic carbocycles. The van der Waals surface area contributed by atoms with Crippen LogP contribution in [-0.4, -0.2) is 24.5 Å². The first-order valence-corrected chi connectivity index (χ1v) is 8.96. The highest BCUT2D eigenvalue weighted by atomic mass is 32.2. The number of Topliss-reactive ketones (excluding diaryl/α,β-unsaturated/α-hetero) is 1. The standard InChI is InChI=1S/C14H14N2O3S2/c15-21(18,19)13-8-12-14(11(17)6-7-20-12)16(13)9-10-4-2-1-3-5-10/h1-5,8H,6-7,9H2,(H2,15,18,19). The number of ketones is 1. The van der Waals surface area contributed by atoms with Gasteiger partial charge in [0.2, 0.25) is 0 Å². The van der Waals surface area contributed by atoms with Crippen molar-refractivity contribution in [2.24, 2.45) is 5.14 Å². The van der Waals surface area contributed by atoms with Crippen molar-refractivity contribution in [2.45, 2.75) is 22.9 Å². The third-order valence-corrected chi connectivity index (χ3v) is 5.30. The van der Waals surface area contributed by atoms with Crippen LogP contribution >= 0.6 is 11.8 Å². The fraction of sp³-hybridized carbons (Fsp3) is 0.214. The van der Waals surface area contributed by atoms with Crippen LogP contribution < -0.4 is 5.14 Å². The van der Waals surface area contributed by atoms with Gasteiger partial charge in [0.25, 0.3) is 10.0 Å². The first kappa shape index (κ1) is 14.4. The fourth-order valence-corrected chi connectivity index (χ4v) is 4.31. The number of sulfonamides is 1. The van der Waals surface area contributed by atoms with Crippen LogP contribution in [0.2, 0.25) is 0 Å². The number of rotatable bonds is 3. The van der Waals surface area contributed by atoms with Crippen LogP contribution in [0, 0.1) is 0 Å². The van der Waals surface area contributed by atoms with E-state index in [1.165, 1.54) is 22.4 Å². The molecule has 1 aliphatic rings. The van der Waals surface area contributed by atoms with Crippen LogP contribution in [0.1, 0.15) is 22.5 Å². The lowest BCUT2D eigenvalue weighted by Gasteiger charge is -2.15. The molecule has 5 nitrogen and oxygen atoms in total. The Kier molecular flexibility index (Phi) is 3.64. The zero-order valence-corrected chi connectivity index (χ0v) is 12.8. The first-order valence-electron chi connectivity index (χ1n) is 6.43. The third-order valence-electron chi connectivity index (χ3n) is 3.35. The molecule has 2 N–H and O–H groups in total. The van der Waals surface area contributed by atoms with E-state index < -0.39 is 10.0 Å². The molecule has 0 fully saturated rings. The number of primary sulfonamides is 1. The second kappa shape index (κ2) is 5.32. The molecule has 0 atom stereocenters. The molecule has 1 aromatic heterocycles. The van der Waals surface area contributed by atoms with Gasteiger partial charge < -0.3 is 4.57 Å². The van der Waals surface area contributed by atoms with Crippen LogP contribution in [0.15, 0.2) is 46.3 Å². The predicted octanol–water partition coefficient (Wildman–Crippen LogP) is 1.86. The molecule has 0 unspecified atom stereocenters. The number of aromatic nitrogens is 1. The second-order valence-electron chi connectivity index (χ2n) is 4.83. The van der Waals surface area contributed by atoms with Gasteiger partial charge in [-0.15, -0.1) is 11.8 Å². The monoisotopic (exact) mass is 322 g/mol. The lowest BCUT2D eigenvalue weighted by Crippen LogP contribution is -2.21. The molecule has 2 heterocycles. The number of thioether (sulfide) groups is 1. The van der Waals surface area contributed by atoms with Crippen LogP contribution in [-0.2, 0) is 16.6 Å². The van der Waals surface area contributed by atoms with Crippen molar-refractivity contribution in [3.8, 4) is 0 Å². The van der Waals surface area contributed by atoms with E-state index in [0.29, 0.717) is 29.3 Å². The van der Waals surface area contributed by atoms with Gasteiger partial charge in [-0.1, -0.05) is 30.3 Å². The zero-order valence-electron chi connectivity index (χ0n) is 11.2. The van der Waals surface area contributed by atoms with Gasteiger partial charge in [0.05, 0.1) is 5.69 Å². The molecule has 0 radical (unpaired) electrons. The van der Waals surface area contributed by atoms with Gasteiger partial charge >= 0.3 is 0 Å². The summed E-state index contributed by atoms with van der Waals surface area (Å²) in [6.45, 7) is 0.314. The number of nitrogens with zero attached hydrogens (tertiary/aromatic N) is 1. The van der Waals surface area contributed by atoms with E-state index in [4.69, 9.17) is 5.14 Å². The van der Waals surface area contributed by atoms with Gasteiger partial charge in [0.15, 0.2) is 10.8 Å². The molecular formula is C14H14N2O3S2. The van der Waals surface area contributed by atoms with Crippen molar-refractivity contribution in [3.63, 3.8) is 0 Å². The van der Waals surface area contributed by atoms with Crippen molar-refractivity contribution in [3.05, 3.63) is 47.7 Å². The number of carbonyl (C=O) groups excluding carboxylic acids is 1. The normalized spacial score (nSPS) is 15.0. The molecule has 110 valence electrons.